The molecule has 0 aromatic carbocycles. The lowest BCUT2D eigenvalue weighted by Gasteiger charge is -2.35. The Morgan fingerprint density at radius 3 is 3.08 bits per heavy atom. The molecule has 0 N–H and O–H groups in total. The summed E-state index contributed by atoms with van der Waals surface area (Å²) < 4.78 is 1.63. The summed E-state index contributed by atoms with van der Waals surface area (Å²) in [4.78, 5) is 21.2. The number of aryl methyl sites for hydroxylation is 1. The molecule has 4 nitrogen and oxygen atoms in total. The molecule has 0 bridgehead atoms. The van der Waals surface area contributed by atoms with Crippen molar-refractivity contribution in [3.8, 4) is 0 Å². The maximum Gasteiger partial charge on any atom is 0.258 e. The average molecular weight is 339 g/mol. The van der Waals surface area contributed by atoms with Gasteiger partial charge in [-0.15, -0.1) is 11.3 Å². The number of rotatable bonds is 3. The van der Waals surface area contributed by atoms with Crippen LogP contribution in [0.1, 0.15) is 41.1 Å². The zero-order valence-corrected chi connectivity index (χ0v) is 14.8. The smallest absolute Gasteiger partial charge is 0.258 e. The maximum absolute atomic E-state index is 12.4. The van der Waals surface area contributed by atoms with Crippen molar-refractivity contribution in [3.05, 3.63) is 67.9 Å². The molecule has 0 saturated heterocycles. The van der Waals surface area contributed by atoms with Crippen molar-refractivity contribution in [3.63, 3.8) is 0 Å². The molecule has 1 atom stereocenters. The van der Waals surface area contributed by atoms with Crippen molar-refractivity contribution in [1.29, 1.82) is 0 Å². The van der Waals surface area contributed by atoms with Gasteiger partial charge in [0.2, 0.25) is 0 Å². The fourth-order valence-corrected chi connectivity index (χ4v) is 4.64. The van der Waals surface area contributed by atoms with Crippen LogP contribution in [-0.4, -0.2) is 20.8 Å². The zero-order chi connectivity index (χ0) is 16.7. The number of pyridine rings is 1. The van der Waals surface area contributed by atoms with Crippen LogP contribution in [0.25, 0.3) is 5.65 Å². The Morgan fingerprint density at radius 2 is 2.25 bits per heavy atom. The van der Waals surface area contributed by atoms with Crippen LogP contribution in [0.3, 0.4) is 0 Å². The van der Waals surface area contributed by atoms with Gasteiger partial charge in [0, 0.05) is 36.3 Å². The molecule has 0 amide bonds. The Labute approximate surface area is 145 Å². The lowest BCUT2D eigenvalue weighted by Crippen LogP contribution is -2.34. The second kappa shape index (κ2) is 6.15. The first kappa shape index (κ1) is 15.5. The van der Waals surface area contributed by atoms with Crippen molar-refractivity contribution < 1.29 is 0 Å². The number of thiophene rings is 1. The van der Waals surface area contributed by atoms with E-state index < -0.39 is 0 Å². The van der Waals surface area contributed by atoms with Gasteiger partial charge >= 0.3 is 0 Å². The molecule has 0 aliphatic carbocycles. The number of nitrogens with zero attached hydrogens (tertiary/aromatic N) is 3. The van der Waals surface area contributed by atoms with Gasteiger partial charge in [0.15, 0.2) is 0 Å². The molecule has 24 heavy (non-hydrogen) atoms. The minimum absolute atomic E-state index is 0.0000183. The molecule has 124 valence electrons. The molecule has 1 unspecified atom stereocenters. The quantitative estimate of drug-likeness (QED) is 0.732. The SMILES string of the molecule is CCC1c2ccsc2CCN1Cc1cc(=O)n2cccc(C)c2n1. The molecule has 0 radical (unpaired) electrons. The van der Waals surface area contributed by atoms with E-state index in [1.165, 1.54) is 10.4 Å². The third-order valence-electron chi connectivity index (χ3n) is 4.90. The van der Waals surface area contributed by atoms with Gasteiger partial charge in [0.1, 0.15) is 5.65 Å². The van der Waals surface area contributed by atoms with E-state index in [2.05, 4.69) is 23.3 Å². The highest BCUT2D eigenvalue weighted by Gasteiger charge is 2.27. The van der Waals surface area contributed by atoms with E-state index in [-0.39, 0.29) is 5.56 Å². The molecule has 4 rings (SSSR count). The monoisotopic (exact) mass is 339 g/mol. The van der Waals surface area contributed by atoms with Gasteiger partial charge in [-0.25, -0.2) is 4.98 Å². The molecule has 5 heteroatoms. The van der Waals surface area contributed by atoms with Crippen LogP contribution in [-0.2, 0) is 13.0 Å². The van der Waals surface area contributed by atoms with Gasteiger partial charge in [0.05, 0.1) is 5.69 Å². The topological polar surface area (TPSA) is 37.6 Å². The summed E-state index contributed by atoms with van der Waals surface area (Å²) in [5, 5.41) is 2.20. The number of hydrogen-bond acceptors (Lipinski definition) is 4. The van der Waals surface area contributed by atoms with Crippen molar-refractivity contribution in [2.24, 2.45) is 0 Å². The standard InChI is InChI=1S/C19H21N3OS/c1-3-16-15-7-10-24-17(15)6-9-21(16)12-14-11-18(23)22-8-4-5-13(2)19(22)20-14/h4-5,7-8,10-11,16H,3,6,9,12H2,1-2H3. The van der Waals surface area contributed by atoms with Crippen molar-refractivity contribution in [1.82, 2.24) is 14.3 Å². The normalized spacial score (nSPS) is 18.0. The average Bonchev–Trinajstić information content (AvgIpc) is 3.04. The summed E-state index contributed by atoms with van der Waals surface area (Å²) in [6.07, 6.45) is 3.96. The summed E-state index contributed by atoms with van der Waals surface area (Å²) in [7, 11) is 0. The van der Waals surface area contributed by atoms with Crippen LogP contribution in [0.5, 0.6) is 0 Å². The fourth-order valence-electron chi connectivity index (χ4n) is 3.71. The van der Waals surface area contributed by atoms with Crippen molar-refractivity contribution >= 4 is 17.0 Å². The van der Waals surface area contributed by atoms with Crippen molar-refractivity contribution in [2.45, 2.75) is 39.3 Å². The van der Waals surface area contributed by atoms with Crippen LogP contribution >= 0.6 is 11.3 Å². The predicted molar refractivity (Wildman–Crippen MR) is 97.7 cm³/mol. The molecule has 4 heterocycles. The van der Waals surface area contributed by atoms with E-state index in [4.69, 9.17) is 4.98 Å². The van der Waals surface area contributed by atoms with Crippen LogP contribution in [0.4, 0.5) is 0 Å². The lowest BCUT2D eigenvalue weighted by atomic mass is 9.97. The molecule has 0 spiro atoms. The van der Waals surface area contributed by atoms with Crippen molar-refractivity contribution in [2.75, 3.05) is 6.54 Å². The van der Waals surface area contributed by atoms with Gasteiger partial charge in [-0.2, -0.15) is 0 Å². The van der Waals surface area contributed by atoms with E-state index in [1.807, 2.05) is 30.4 Å². The van der Waals surface area contributed by atoms with Crippen LogP contribution < -0.4 is 5.56 Å². The highest BCUT2D eigenvalue weighted by molar-refractivity contribution is 7.10. The fraction of sp³-hybridized carbons (Fsp3) is 0.368. The van der Waals surface area contributed by atoms with Gasteiger partial charge in [-0.1, -0.05) is 13.0 Å². The second-order valence-electron chi connectivity index (χ2n) is 6.41. The van der Waals surface area contributed by atoms with Crippen LogP contribution in [0, 0.1) is 6.92 Å². The highest BCUT2D eigenvalue weighted by Crippen LogP contribution is 2.35. The molecule has 0 fully saturated rings. The van der Waals surface area contributed by atoms with Gasteiger partial charge in [-0.3, -0.25) is 14.1 Å². The van der Waals surface area contributed by atoms with E-state index in [9.17, 15) is 4.79 Å². The summed E-state index contributed by atoms with van der Waals surface area (Å²) in [5.74, 6) is 0. The van der Waals surface area contributed by atoms with Gasteiger partial charge in [0.25, 0.3) is 5.56 Å². The molecule has 1 aliphatic rings. The van der Waals surface area contributed by atoms with Crippen LogP contribution in [0.2, 0.25) is 0 Å². The molecule has 3 aromatic rings. The highest BCUT2D eigenvalue weighted by atomic mass is 32.1. The Morgan fingerprint density at radius 1 is 1.38 bits per heavy atom. The van der Waals surface area contributed by atoms with E-state index in [0.717, 1.165) is 42.8 Å². The molecule has 0 saturated carbocycles. The second-order valence-corrected chi connectivity index (χ2v) is 7.41. The molecular weight excluding hydrogens is 318 g/mol. The van der Waals surface area contributed by atoms with Crippen LogP contribution in [0.15, 0.2) is 40.6 Å². The summed E-state index contributed by atoms with van der Waals surface area (Å²) in [5.41, 5.74) is 4.12. The molecule has 3 aromatic heterocycles. The Balaban J connectivity index is 1.70. The number of hydrogen-bond donors (Lipinski definition) is 0. The summed E-state index contributed by atoms with van der Waals surface area (Å²) >= 11 is 1.86. The summed E-state index contributed by atoms with van der Waals surface area (Å²) in [6.45, 7) is 5.99. The first-order valence-corrected chi connectivity index (χ1v) is 9.33. The summed E-state index contributed by atoms with van der Waals surface area (Å²) in [6, 6.07) is 8.26. The van der Waals surface area contributed by atoms with Gasteiger partial charge in [-0.05, 0) is 48.4 Å². The maximum atomic E-state index is 12.4. The predicted octanol–water partition coefficient (Wildman–Crippen LogP) is 3.57. The molecular formula is C19H21N3OS. The zero-order valence-electron chi connectivity index (χ0n) is 14.0. The Hall–Kier alpha value is -1.98. The van der Waals surface area contributed by atoms with Gasteiger partial charge < -0.3 is 0 Å². The third-order valence-corrected chi connectivity index (χ3v) is 5.89. The number of aromatic nitrogens is 2. The third kappa shape index (κ3) is 2.58. The first-order valence-electron chi connectivity index (χ1n) is 8.45. The largest absolute Gasteiger partial charge is 0.290 e. The minimum atomic E-state index is -0.0000183. The Bertz CT molecular complexity index is 943. The first-order chi connectivity index (χ1) is 11.7. The number of fused-ring (bicyclic) bond motifs is 2. The minimum Gasteiger partial charge on any atom is -0.290 e. The Kier molecular flexibility index (Phi) is 3.98. The molecule has 1 aliphatic heterocycles. The lowest BCUT2D eigenvalue weighted by molar-refractivity contribution is 0.171. The van der Waals surface area contributed by atoms with E-state index in [0.29, 0.717) is 6.04 Å². The van der Waals surface area contributed by atoms with E-state index >= 15 is 0 Å². The van der Waals surface area contributed by atoms with E-state index in [1.54, 1.807) is 16.7 Å².